The van der Waals surface area contributed by atoms with E-state index >= 15 is 0 Å². The summed E-state index contributed by atoms with van der Waals surface area (Å²) in [5, 5.41) is 9.54. The minimum absolute atomic E-state index is 0. The largest absolute Gasteiger partial charge is 2.00 e. The van der Waals surface area contributed by atoms with E-state index in [1.54, 1.807) is 5.19 Å². The number of alkyl halides is 2. The zero-order chi connectivity index (χ0) is 85.9. The van der Waals surface area contributed by atoms with Gasteiger partial charge in [-0.1, -0.05) is 238 Å². The summed E-state index contributed by atoms with van der Waals surface area (Å²) < 4.78 is 50.6. The molecule has 10 heterocycles. The number of halogens is 3. The van der Waals surface area contributed by atoms with Crippen LogP contribution >= 0.6 is 24.0 Å². The van der Waals surface area contributed by atoms with Crippen LogP contribution in [-0.4, -0.2) is 241 Å². The van der Waals surface area contributed by atoms with Gasteiger partial charge >= 0.3 is 52.9 Å². The molecule has 10 aliphatic rings. The normalized spacial score (nSPS) is 28.4. The van der Waals surface area contributed by atoms with Gasteiger partial charge in [0.05, 0.1) is 110 Å². The van der Waals surface area contributed by atoms with Crippen molar-refractivity contribution in [3.8, 4) is 0 Å². The number of aryl methyl sites for hydroxylation is 2. The fraction of sp³-hybridized carbons (Fsp3) is 0.619. The van der Waals surface area contributed by atoms with E-state index in [0.717, 1.165) is 95.7 Å². The number of hydrogen-bond acceptors (Lipinski definition) is 15. The molecule has 5 aromatic carbocycles. The van der Waals surface area contributed by atoms with Gasteiger partial charge in [-0.3, -0.25) is 47.6 Å². The van der Waals surface area contributed by atoms with Crippen LogP contribution in [0.4, 0.5) is 8.78 Å². The Morgan fingerprint density at radius 1 is 0.400 bits per heavy atom. The summed E-state index contributed by atoms with van der Waals surface area (Å²) in [6.07, 6.45) is 19.3. The molecule has 18 atom stereocenters. The molecule has 9 saturated heterocycles. The van der Waals surface area contributed by atoms with Crippen LogP contribution in [0.15, 0.2) is 133 Å². The topological polar surface area (TPSA) is 156 Å². The fourth-order valence-electron chi connectivity index (χ4n) is 21.5. The third-order valence-corrected chi connectivity index (χ3v) is 36.6. The smallest absolute Gasteiger partial charge is 1.00 e. The number of hydrogen-bond donors (Lipinski definition) is 1. The van der Waals surface area contributed by atoms with Crippen molar-refractivity contribution in [3.05, 3.63) is 166 Å². The molecule has 1 N–H and O–H groups in total. The number of ether oxygens (including phenoxy) is 5. The number of nitrogens with one attached hydrogen (secondary N) is 1. The molecule has 660 valence electrons. The van der Waals surface area contributed by atoms with Gasteiger partial charge in [-0.15, -0.1) is 24.0 Å². The predicted molar refractivity (Wildman–Crippen MR) is 510 cm³/mol. The zero-order valence-corrected chi connectivity index (χ0v) is 84.4. The number of fused-ring (bicyclic) bond motifs is 10. The van der Waals surface area contributed by atoms with Gasteiger partial charge in [0.15, 0.2) is 0 Å². The van der Waals surface area contributed by atoms with Gasteiger partial charge in [0.2, 0.25) is 0 Å². The van der Waals surface area contributed by atoms with E-state index in [1.165, 1.54) is 104 Å². The second-order valence-corrected chi connectivity index (χ2v) is 60.0. The summed E-state index contributed by atoms with van der Waals surface area (Å²) in [5.41, 5.74) is 8.54. The third-order valence-electron chi connectivity index (χ3n) is 28.3. The number of likely N-dealkylation sites (N-methyl/N-ethyl adjacent to an activating group) is 1. The van der Waals surface area contributed by atoms with E-state index in [9.17, 15) is 32.8 Å². The number of methoxy groups -OCH3 is 5. The Bertz CT molecular complexity index is 4160. The number of esters is 5. The molecule has 0 aromatic heterocycles. The molecule has 23 heteroatoms. The molecule has 0 spiro atoms. The minimum Gasteiger partial charge on any atom is -1.00 e. The first-order chi connectivity index (χ1) is 56.0. The van der Waals surface area contributed by atoms with Crippen molar-refractivity contribution in [1.82, 2.24) is 24.9 Å². The van der Waals surface area contributed by atoms with Crippen LogP contribution in [0.3, 0.4) is 0 Å². The van der Waals surface area contributed by atoms with Crippen molar-refractivity contribution in [2.75, 3.05) is 76.1 Å². The van der Waals surface area contributed by atoms with E-state index in [2.05, 4.69) is 253 Å². The molecule has 0 saturated carbocycles. The molecule has 5 aromatic rings. The van der Waals surface area contributed by atoms with E-state index in [4.69, 9.17) is 23.7 Å². The summed E-state index contributed by atoms with van der Waals surface area (Å²) in [6, 6.07) is 48.7. The maximum Gasteiger partial charge on any atom is 2.00 e. The van der Waals surface area contributed by atoms with Gasteiger partial charge in [-0.2, -0.15) is 0 Å². The van der Waals surface area contributed by atoms with E-state index in [-0.39, 0.29) is 147 Å². The van der Waals surface area contributed by atoms with Crippen molar-refractivity contribution < 1.29 is 59.3 Å². The van der Waals surface area contributed by atoms with Crippen molar-refractivity contribution >= 4 is 130 Å². The minimum atomic E-state index is -1.33. The number of nitrogens with zero attached hydrogens (tertiary/aromatic N) is 4. The van der Waals surface area contributed by atoms with E-state index in [0.29, 0.717) is 67.0 Å². The zero-order valence-electron chi connectivity index (χ0n) is 78.6. The van der Waals surface area contributed by atoms with Crippen LogP contribution in [0.1, 0.15) is 169 Å². The Balaban J connectivity index is 0.000000229. The molecule has 10 bridgehead atoms. The Kier molecular flexibility index (Phi) is 37.4. The Morgan fingerprint density at radius 2 is 0.725 bits per heavy atom. The average Bonchev–Trinajstić information content (AvgIpc) is 1.59. The second-order valence-electron chi connectivity index (χ2n) is 39.7. The van der Waals surface area contributed by atoms with Gasteiger partial charge in [-0.25, -0.2) is 4.79 Å². The van der Waals surface area contributed by atoms with Gasteiger partial charge in [0.25, 0.3) is 0 Å². The maximum absolute atomic E-state index is 12.7. The standard InChI is InChI=1S/C21H32FNO2Si.C19H26FNO2.C19H29NO2Si.C18H27NO2Si.C10H15NO2.C10H16Si.HI.Mg.2H/c1-25-21(24)20-18(15-6-9-17(10-7-15)26(2,3)4)14-16-8-11-19(20)23(16)13-5-12-22;1-13-4-6-14(7-5-13)16-12-15-8-9-17(18(16)19(22)23-2)21(15)11-3-10-20;1-20-14-8-11-17(20)18(19(21)22-2)16(12-14)13-6-9-15(10-7-13)23(3,4)5;1-21-18(20)17-15(11-13-7-10-16(17)19-13)12-5-8-14(9-6-12)22(2,3)4;1-11-7-3-5-8(10(12)13-2)9(11)6-4-7;1-9-5-7-10(8-6-9)11(2,3)4;;;;/h6-7,9-10,16,18-20H,5,8,11-14H2,1-4H3;4-7,15-18H,3,8-12H2,1-2H3;6-7,9-10,14,16-18H,8,11-12H2,1-5H3;5-6,8-9,13,15-17,19H,7,10-11H2,1-4H3;5,7,9H,3-4,6H2,1-2H3;5-8H,1-4H3;1H;;;/q;;;;;;;+2;2*-1/t16-,18+,19+,20-;15-,16+,17+,18-;14-,16+,17+,18-;13-,15+,16+,17-;7-,9-;;;;;/m00001...../s1. The first kappa shape index (κ1) is 101. The van der Waals surface area contributed by atoms with Crippen LogP contribution < -0.4 is 26.1 Å². The Hall–Kier alpha value is -4.79. The molecule has 9 fully saturated rings. The molecule has 15 rings (SSSR count). The molecule has 0 radical (unpaired) electrons. The molecule has 10 aliphatic heterocycles. The Labute approximate surface area is 760 Å². The first-order valence-electron chi connectivity index (χ1n) is 44.4. The SMILES string of the molecule is COC(=O)C1=CC[C@@H]2CC[C@H]1N2C.COC(=O)[C@H]1[C@@H](c2ccc(C)cc2)C[C@@H]2CC[C@H]1N2CCCF.COC(=O)[C@H]1[C@@H](c2ccc([Si](C)(C)C)cc2)C[C@@H]2CC[C@H]1N2.COC(=O)[C@H]1[C@@H](c2ccc([Si](C)(C)C)cc2)C[C@@H]2CC[C@H]1N2C.COC(=O)[C@H]1[C@@H](c2ccc([Si](C)(C)C)cc2)C[C@@H]2CC[C@H]1N2CCCF.Cc1ccc([Si](C)(C)C)cc1.I.[H-].[H-].[Mg+2]. The van der Waals surface area contributed by atoms with Crippen LogP contribution in [0.5, 0.6) is 0 Å². The average molecular weight is 1850 g/mol. The first-order valence-corrected chi connectivity index (χ1v) is 58.4. The van der Waals surface area contributed by atoms with Gasteiger partial charge < -0.3 is 31.9 Å². The number of benzene rings is 5. The molecule has 15 nitrogen and oxygen atoms in total. The van der Waals surface area contributed by atoms with Crippen LogP contribution in [0.2, 0.25) is 78.6 Å². The Morgan fingerprint density at radius 3 is 1.10 bits per heavy atom. The predicted octanol–water partition coefficient (Wildman–Crippen LogP) is 16.7. The summed E-state index contributed by atoms with van der Waals surface area (Å²) >= 11 is 0. The maximum atomic E-state index is 12.7. The van der Waals surface area contributed by atoms with Gasteiger partial charge in [-0.05, 0) is 159 Å². The van der Waals surface area contributed by atoms with Gasteiger partial charge in [0.1, 0.15) is 0 Å². The molecule has 120 heavy (non-hydrogen) atoms. The van der Waals surface area contributed by atoms with E-state index in [1.807, 2.05) is 6.08 Å². The molecular formula is C97H148F2IMgN5O10Si4. The molecule has 0 unspecified atom stereocenters. The van der Waals surface area contributed by atoms with Crippen LogP contribution in [0.25, 0.3) is 0 Å². The summed E-state index contributed by atoms with van der Waals surface area (Å²) in [6.45, 7) is 33.5. The number of carbonyl (C=O) groups is 5. The van der Waals surface area contributed by atoms with Crippen molar-refractivity contribution in [3.63, 3.8) is 0 Å². The number of carbonyl (C=O) groups excluding carboxylic acids is 5. The summed E-state index contributed by atoms with van der Waals surface area (Å²) in [4.78, 5) is 70.8. The third kappa shape index (κ3) is 24.5. The number of piperidine rings is 4. The fourth-order valence-corrected chi connectivity index (χ4v) is 26.2. The molecule has 0 aliphatic carbocycles. The molecule has 0 amide bonds. The quantitative estimate of drug-likeness (QED) is 0.0360. The van der Waals surface area contributed by atoms with Crippen molar-refractivity contribution in [2.45, 2.75) is 286 Å². The summed E-state index contributed by atoms with van der Waals surface area (Å²) in [5.74, 6) is 0.176. The molecular weight excluding hydrogens is 1700 g/mol. The monoisotopic (exact) mass is 1840 g/mol. The van der Waals surface area contributed by atoms with Gasteiger partial charge in [0, 0.05) is 97.2 Å². The van der Waals surface area contributed by atoms with Crippen molar-refractivity contribution in [2.24, 2.45) is 23.7 Å². The summed E-state index contributed by atoms with van der Waals surface area (Å²) in [7, 11) is 6.77. The van der Waals surface area contributed by atoms with Crippen LogP contribution in [0, 0.1) is 37.5 Å². The number of rotatable bonds is 19. The van der Waals surface area contributed by atoms with E-state index < -0.39 is 32.3 Å². The van der Waals surface area contributed by atoms with Crippen LogP contribution in [-0.2, 0) is 47.7 Å². The van der Waals surface area contributed by atoms with Crippen molar-refractivity contribution in [1.29, 1.82) is 0 Å². The second kappa shape index (κ2) is 44.6.